The summed E-state index contributed by atoms with van der Waals surface area (Å²) in [7, 11) is 0. The lowest BCUT2D eigenvalue weighted by Gasteiger charge is -2.15. The van der Waals surface area contributed by atoms with E-state index < -0.39 is 0 Å². The van der Waals surface area contributed by atoms with Crippen molar-refractivity contribution in [3.05, 3.63) is 46.5 Å². The van der Waals surface area contributed by atoms with Crippen LogP contribution in [-0.4, -0.2) is 21.4 Å². The third-order valence-electron chi connectivity index (χ3n) is 2.52. The highest BCUT2D eigenvalue weighted by atomic mass is 35.5. The number of alkyl halides is 1. The zero-order valence-electron chi connectivity index (χ0n) is 9.76. The minimum absolute atomic E-state index is 0.183. The Morgan fingerprint density at radius 3 is 2.72 bits per heavy atom. The lowest BCUT2D eigenvalue weighted by molar-refractivity contribution is 0.0943. The van der Waals surface area contributed by atoms with Crippen LogP contribution in [0.2, 0.25) is 0 Å². The summed E-state index contributed by atoms with van der Waals surface area (Å²) in [5.74, 6) is 0.137. The van der Waals surface area contributed by atoms with Crippen molar-refractivity contribution in [1.29, 1.82) is 0 Å². The fourth-order valence-electron chi connectivity index (χ4n) is 1.56. The van der Waals surface area contributed by atoms with Gasteiger partial charge in [0.2, 0.25) is 0 Å². The number of hydrogen-bond donors (Lipinski definition) is 1. The van der Waals surface area contributed by atoms with Crippen LogP contribution in [0, 0.1) is 6.92 Å². The number of aryl methyl sites for hydroxylation is 1. The molecule has 1 unspecified atom stereocenters. The highest BCUT2D eigenvalue weighted by Gasteiger charge is 2.18. The summed E-state index contributed by atoms with van der Waals surface area (Å²) in [5.41, 5.74) is 1.62. The molecule has 1 heterocycles. The van der Waals surface area contributed by atoms with Gasteiger partial charge in [0.25, 0.3) is 5.91 Å². The molecule has 0 aliphatic rings. The monoisotopic (exact) mass is 281 g/mol. The molecule has 4 nitrogen and oxygen atoms in total. The third-order valence-corrected chi connectivity index (χ3v) is 3.65. The molecule has 1 amide bonds. The Hall–Kier alpha value is -1.46. The molecule has 1 N–H and O–H groups in total. The number of carbonyl (C=O) groups is 1. The highest BCUT2D eigenvalue weighted by Crippen LogP contribution is 2.16. The first-order chi connectivity index (χ1) is 8.72. The summed E-state index contributed by atoms with van der Waals surface area (Å²) in [6.45, 7) is 1.76. The van der Waals surface area contributed by atoms with Crippen LogP contribution in [0.1, 0.15) is 27.0 Å². The van der Waals surface area contributed by atoms with Crippen molar-refractivity contribution in [1.82, 2.24) is 14.9 Å². The van der Waals surface area contributed by atoms with Crippen molar-refractivity contribution in [2.45, 2.75) is 13.0 Å². The average molecular weight is 282 g/mol. The molecule has 0 saturated heterocycles. The van der Waals surface area contributed by atoms with E-state index in [1.165, 1.54) is 0 Å². The topological polar surface area (TPSA) is 54.9 Å². The smallest absolute Gasteiger partial charge is 0.265 e. The number of halogens is 1. The van der Waals surface area contributed by atoms with Gasteiger partial charge < -0.3 is 5.32 Å². The first-order valence-corrected chi connectivity index (χ1v) is 6.74. The average Bonchev–Trinajstić information content (AvgIpc) is 2.83. The van der Waals surface area contributed by atoms with E-state index >= 15 is 0 Å². The Morgan fingerprint density at radius 1 is 1.44 bits per heavy atom. The lowest BCUT2D eigenvalue weighted by Crippen LogP contribution is -2.29. The molecule has 1 aromatic carbocycles. The molecule has 0 bridgehead atoms. The summed E-state index contributed by atoms with van der Waals surface area (Å²) in [6, 6.07) is 9.42. The van der Waals surface area contributed by atoms with Crippen LogP contribution in [0.15, 0.2) is 30.3 Å². The molecule has 0 spiro atoms. The van der Waals surface area contributed by atoms with Gasteiger partial charge in [-0.1, -0.05) is 34.8 Å². The second kappa shape index (κ2) is 5.93. The standard InChI is InChI=1S/C12H12ClN3OS/c1-8-11(18-16-15-8)12(17)14-10(7-13)9-5-3-2-4-6-9/h2-6,10H,7H2,1H3,(H,14,17). The summed E-state index contributed by atoms with van der Waals surface area (Å²) >= 11 is 6.99. The van der Waals surface area contributed by atoms with Gasteiger partial charge in [0.15, 0.2) is 0 Å². The highest BCUT2D eigenvalue weighted by molar-refractivity contribution is 7.08. The van der Waals surface area contributed by atoms with E-state index in [1.54, 1.807) is 6.92 Å². The van der Waals surface area contributed by atoms with Gasteiger partial charge >= 0.3 is 0 Å². The van der Waals surface area contributed by atoms with Crippen LogP contribution in [0.25, 0.3) is 0 Å². The molecular weight excluding hydrogens is 270 g/mol. The molecule has 1 atom stereocenters. The molecule has 2 rings (SSSR count). The van der Waals surface area contributed by atoms with E-state index in [2.05, 4.69) is 14.9 Å². The van der Waals surface area contributed by atoms with Gasteiger partial charge in [-0.2, -0.15) is 0 Å². The summed E-state index contributed by atoms with van der Waals surface area (Å²) in [5, 5.41) is 6.70. The lowest BCUT2D eigenvalue weighted by atomic mass is 10.1. The van der Waals surface area contributed by atoms with Crippen molar-refractivity contribution in [3.8, 4) is 0 Å². The van der Waals surface area contributed by atoms with Crippen LogP contribution >= 0.6 is 23.1 Å². The van der Waals surface area contributed by atoms with E-state index in [4.69, 9.17) is 11.6 Å². The maximum Gasteiger partial charge on any atom is 0.265 e. The summed E-state index contributed by atoms with van der Waals surface area (Å²) in [6.07, 6.45) is 0. The Labute approximate surface area is 114 Å². The molecule has 0 saturated carbocycles. The number of aromatic nitrogens is 2. The molecule has 0 fully saturated rings. The minimum Gasteiger partial charge on any atom is -0.343 e. The Kier molecular flexibility index (Phi) is 4.28. The van der Waals surface area contributed by atoms with Crippen LogP contribution in [0.3, 0.4) is 0 Å². The number of nitrogens with zero attached hydrogens (tertiary/aromatic N) is 2. The molecule has 0 aliphatic carbocycles. The van der Waals surface area contributed by atoms with Gasteiger partial charge in [0.05, 0.1) is 11.7 Å². The van der Waals surface area contributed by atoms with Gasteiger partial charge in [-0.15, -0.1) is 16.7 Å². The number of nitrogens with one attached hydrogen (secondary N) is 1. The van der Waals surface area contributed by atoms with E-state index in [1.807, 2.05) is 30.3 Å². The van der Waals surface area contributed by atoms with Crippen molar-refractivity contribution in [2.75, 3.05) is 5.88 Å². The third kappa shape index (κ3) is 2.86. The van der Waals surface area contributed by atoms with Crippen LogP contribution in [0.5, 0.6) is 0 Å². The molecule has 1 aromatic heterocycles. The summed E-state index contributed by atoms with van der Waals surface area (Å²) in [4.78, 5) is 12.6. The number of rotatable bonds is 4. The van der Waals surface area contributed by atoms with E-state index in [0.29, 0.717) is 16.5 Å². The quantitative estimate of drug-likeness (QED) is 0.877. The molecule has 2 aromatic rings. The SMILES string of the molecule is Cc1nnsc1C(=O)NC(CCl)c1ccccc1. The molecule has 6 heteroatoms. The second-order valence-electron chi connectivity index (χ2n) is 3.78. The Balaban J connectivity index is 2.13. The van der Waals surface area contributed by atoms with Gasteiger partial charge in [0.1, 0.15) is 4.88 Å². The van der Waals surface area contributed by atoms with Gasteiger partial charge in [-0.05, 0) is 24.0 Å². The van der Waals surface area contributed by atoms with Crippen molar-refractivity contribution in [2.24, 2.45) is 0 Å². The van der Waals surface area contributed by atoms with E-state index in [9.17, 15) is 4.79 Å². The maximum absolute atomic E-state index is 12.0. The zero-order chi connectivity index (χ0) is 13.0. The summed E-state index contributed by atoms with van der Waals surface area (Å²) < 4.78 is 3.75. The van der Waals surface area contributed by atoms with Gasteiger partial charge in [-0.25, -0.2) is 0 Å². The molecule has 0 radical (unpaired) electrons. The first kappa shape index (κ1) is 13.0. The fraction of sp³-hybridized carbons (Fsp3) is 0.250. The number of hydrogen-bond acceptors (Lipinski definition) is 4. The first-order valence-electron chi connectivity index (χ1n) is 5.43. The number of carbonyl (C=O) groups excluding carboxylic acids is 1. The molecule has 0 aliphatic heterocycles. The van der Waals surface area contributed by atoms with Crippen molar-refractivity contribution >= 4 is 29.0 Å². The van der Waals surface area contributed by atoms with E-state index in [0.717, 1.165) is 17.1 Å². The Morgan fingerprint density at radius 2 is 2.17 bits per heavy atom. The maximum atomic E-state index is 12.0. The van der Waals surface area contributed by atoms with Crippen molar-refractivity contribution in [3.63, 3.8) is 0 Å². The molecule has 94 valence electrons. The zero-order valence-corrected chi connectivity index (χ0v) is 11.3. The second-order valence-corrected chi connectivity index (χ2v) is 4.84. The minimum atomic E-state index is -0.207. The van der Waals surface area contributed by atoms with Crippen molar-refractivity contribution < 1.29 is 4.79 Å². The van der Waals surface area contributed by atoms with Gasteiger partial charge in [0, 0.05) is 5.88 Å². The predicted octanol–water partition coefficient (Wildman–Crippen LogP) is 2.56. The normalized spacial score (nSPS) is 12.1. The van der Waals surface area contributed by atoms with E-state index in [-0.39, 0.29) is 11.9 Å². The number of amides is 1. The fourth-order valence-corrected chi connectivity index (χ4v) is 2.37. The van der Waals surface area contributed by atoms with Crippen LogP contribution < -0.4 is 5.32 Å². The Bertz CT molecular complexity index is 529. The largest absolute Gasteiger partial charge is 0.343 e. The van der Waals surface area contributed by atoms with Gasteiger partial charge in [-0.3, -0.25) is 4.79 Å². The predicted molar refractivity (Wildman–Crippen MR) is 72.0 cm³/mol. The van der Waals surface area contributed by atoms with Crippen LogP contribution in [-0.2, 0) is 0 Å². The molecular formula is C12H12ClN3OS. The number of benzene rings is 1. The molecule has 18 heavy (non-hydrogen) atoms. The van der Waals surface area contributed by atoms with Crippen LogP contribution in [0.4, 0.5) is 0 Å².